The van der Waals surface area contributed by atoms with Gasteiger partial charge in [-0.05, 0) is 13.8 Å². The van der Waals surface area contributed by atoms with Gasteiger partial charge in [-0.25, -0.2) is 9.97 Å². The predicted molar refractivity (Wildman–Crippen MR) is 81.7 cm³/mol. The van der Waals surface area contributed by atoms with Gasteiger partial charge in [0.15, 0.2) is 0 Å². The largest absolute Gasteiger partial charge is 0.384 e. The Morgan fingerprint density at radius 1 is 1.30 bits per heavy atom. The monoisotopic (exact) mass is 279 g/mol. The lowest BCUT2D eigenvalue weighted by Crippen LogP contribution is -2.39. The van der Waals surface area contributed by atoms with Crippen LogP contribution in [0.5, 0.6) is 0 Å². The number of carbonyl (C=O) groups excluding carboxylic acids is 1. The van der Waals surface area contributed by atoms with Crippen molar-refractivity contribution in [1.29, 1.82) is 0 Å². The zero-order valence-corrected chi connectivity index (χ0v) is 13.1. The number of rotatable bonds is 6. The molecule has 0 saturated heterocycles. The van der Waals surface area contributed by atoms with Gasteiger partial charge in [0.2, 0.25) is 5.91 Å². The molecule has 1 aromatic rings. The van der Waals surface area contributed by atoms with Gasteiger partial charge >= 0.3 is 0 Å². The summed E-state index contributed by atoms with van der Waals surface area (Å²) in [5.41, 5.74) is 5.80. The van der Waals surface area contributed by atoms with E-state index in [1.54, 1.807) is 11.0 Å². The van der Waals surface area contributed by atoms with Crippen LogP contribution < -0.4 is 10.6 Å². The molecule has 0 aliphatic heterocycles. The van der Waals surface area contributed by atoms with Gasteiger partial charge < -0.3 is 15.5 Å². The van der Waals surface area contributed by atoms with E-state index in [1.165, 1.54) is 0 Å². The quantitative estimate of drug-likeness (QED) is 0.853. The van der Waals surface area contributed by atoms with Crippen molar-refractivity contribution in [2.75, 3.05) is 37.3 Å². The van der Waals surface area contributed by atoms with Crippen molar-refractivity contribution < 1.29 is 4.79 Å². The number of amides is 1. The van der Waals surface area contributed by atoms with E-state index < -0.39 is 0 Å². The molecular weight excluding hydrogens is 254 g/mol. The first kappa shape index (κ1) is 16.2. The minimum Gasteiger partial charge on any atom is -0.384 e. The summed E-state index contributed by atoms with van der Waals surface area (Å²) in [6, 6.07) is 1.70. The fourth-order valence-corrected chi connectivity index (χ4v) is 1.89. The minimum absolute atomic E-state index is 0.0841. The van der Waals surface area contributed by atoms with Crippen LogP contribution >= 0.6 is 0 Å². The first-order valence-electron chi connectivity index (χ1n) is 7.02. The van der Waals surface area contributed by atoms with Crippen LogP contribution in [0, 0.1) is 0 Å². The van der Waals surface area contributed by atoms with Crippen molar-refractivity contribution >= 4 is 17.5 Å². The first-order chi connectivity index (χ1) is 9.38. The van der Waals surface area contributed by atoms with Gasteiger partial charge in [0.1, 0.15) is 17.5 Å². The number of nitrogens with two attached hydrogens (primary N) is 1. The van der Waals surface area contributed by atoms with E-state index in [2.05, 4.69) is 9.97 Å². The van der Waals surface area contributed by atoms with E-state index in [4.69, 9.17) is 5.73 Å². The number of hydrogen-bond acceptors (Lipinski definition) is 5. The van der Waals surface area contributed by atoms with Crippen LogP contribution in [0.1, 0.15) is 39.4 Å². The highest BCUT2D eigenvalue weighted by molar-refractivity contribution is 5.81. The van der Waals surface area contributed by atoms with E-state index in [0.29, 0.717) is 30.5 Å². The summed E-state index contributed by atoms with van der Waals surface area (Å²) in [6.07, 6.45) is 0. The van der Waals surface area contributed by atoms with Gasteiger partial charge in [-0.2, -0.15) is 0 Å². The fraction of sp³-hybridized carbons (Fsp3) is 0.643. The Morgan fingerprint density at radius 3 is 2.40 bits per heavy atom. The molecule has 0 aliphatic rings. The summed E-state index contributed by atoms with van der Waals surface area (Å²) in [5, 5.41) is 0. The summed E-state index contributed by atoms with van der Waals surface area (Å²) < 4.78 is 0. The molecule has 1 rings (SSSR count). The number of carbonyl (C=O) groups is 1. The second kappa shape index (κ2) is 7.07. The third-order valence-corrected chi connectivity index (χ3v) is 3.15. The molecule has 0 aromatic carbocycles. The van der Waals surface area contributed by atoms with Crippen molar-refractivity contribution in [1.82, 2.24) is 14.9 Å². The van der Waals surface area contributed by atoms with Crippen molar-refractivity contribution in [3.05, 3.63) is 11.9 Å². The van der Waals surface area contributed by atoms with Crippen molar-refractivity contribution in [3.8, 4) is 0 Å². The molecule has 1 heterocycles. The zero-order chi connectivity index (χ0) is 15.3. The molecule has 6 nitrogen and oxygen atoms in total. The Labute approximate surface area is 121 Å². The number of nitrogen functional groups attached to an aromatic ring is 1. The normalized spacial score (nSPS) is 10.7. The third-order valence-electron chi connectivity index (χ3n) is 3.15. The van der Waals surface area contributed by atoms with Crippen molar-refractivity contribution in [3.63, 3.8) is 0 Å². The highest BCUT2D eigenvalue weighted by Crippen LogP contribution is 2.17. The molecule has 6 heteroatoms. The molecule has 0 spiro atoms. The molecular formula is C14H25N5O. The van der Waals surface area contributed by atoms with Gasteiger partial charge in [0.25, 0.3) is 0 Å². The molecule has 112 valence electrons. The second-order valence-electron chi connectivity index (χ2n) is 5.09. The molecule has 1 amide bonds. The van der Waals surface area contributed by atoms with Gasteiger partial charge in [0.05, 0.1) is 6.54 Å². The Balaban J connectivity index is 2.87. The molecule has 0 aliphatic carbocycles. The van der Waals surface area contributed by atoms with E-state index in [0.717, 1.165) is 0 Å². The molecule has 20 heavy (non-hydrogen) atoms. The number of nitrogens with zero attached hydrogens (tertiary/aromatic N) is 4. The molecule has 0 atom stereocenters. The Kier molecular flexibility index (Phi) is 5.73. The lowest BCUT2D eigenvalue weighted by Gasteiger charge is -2.24. The summed E-state index contributed by atoms with van der Waals surface area (Å²) in [7, 11) is 1.84. The first-order valence-corrected chi connectivity index (χ1v) is 7.02. The van der Waals surface area contributed by atoms with Crippen molar-refractivity contribution in [2.45, 2.75) is 33.6 Å². The maximum absolute atomic E-state index is 12.1. The Morgan fingerprint density at radius 2 is 1.90 bits per heavy atom. The maximum atomic E-state index is 12.1. The number of likely N-dealkylation sites (N-methyl/N-ethyl adjacent to an activating group) is 2. The second-order valence-corrected chi connectivity index (χ2v) is 5.09. The highest BCUT2D eigenvalue weighted by atomic mass is 16.2. The van der Waals surface area contributed by atoms with E-state index in [-0.39, 0.29) is 18.4 Å². The number of anilines is 2. The van der Waals surface area contributed by atoms with E-state index >= 15 is 0 Å². The topological polar surface area (TPSA) is 75.4 Å². The predicted octanol–water partition coefficient (Wildman–Crippen LogP) is 1.49. The van der Waals surface area contributed by atoms with Crippen LogP contribution in [-0.4, -0.2) is 47.5 Å². The van der Waals surface area contributed by atoms with Gasteiger partial charge in [-0.1, -0.05) is 13.8 Å². The molecule has 0 unspecified atom stereocenters. The molecule has 2 N–H and O–H groups in total. The lowest BCUT2D eigenvalue weighted by molar-refractivity contribution is -0.129. The smallest absolute Gasteiger partial charge is 0.242 e. The van der Waals surface area contributed by atoms with Crippen LogP contribution in [0.4, 0.5) is 11.6 Å². The Hall–Kier alpha value is -1.85. The highest BCUT2D eigenvalue weighted by Gasteiger charge is 2.15. The number of hydrogen-bond donors (Lipinski definition) is 1. The van der Waals surface area contributed by atoms with Crippen LogP contribution in [0.3, 0.4) is 0 Å². The molecule has 0 fully saturated rings. The standard InChI is InChI=1S/C14H25N5O/c1-6-19(7-2)13(20)9-18(5)12-8-11(15)16-14(17-12)10(3)4/h8,10H,6-7,9H2,1-5H3,(H2,15,16,17). The summed E-state index contributed by atoms with van der Waals surface area (Å²) in [6.45, 7) is 9.69. The molecule has 0 saturated carbocycles. The lowest BCUT2D eigenvalue weighted by atomic mass is 10.2. The van der Waals surface area contributed by atoms with E-state index in [9.17, 15) is 4.79 Å². The fourth-order valence-electron chi connectivity index (χ4n) is 1.89. The number of aromatic nitrogens is 2. The Bertz CT molecular complexity index is 457. The molecule has 0 bridgehead atoms. The minimum atomic E-state index is 0.0841. The zero-order valence-electron chi connectivity index (χ0n) is 13.1. The maximum Gasteiger partial charge on any atom is 0.242 e. The summed E-state index contributed by atoms with van der Waals surface area (Å²) in [5.74, 6) is 2.09. The summed E-state index contributed by atoms with van der Waals surface area (Å²) in [4.78, 5) is 24.4. The van der Waals surface area contributed by atoms with Gasteiger partial charge in [-0.3, -0.25) is 4.79 Å². The van der Waals surface area contributed by atoms with Crippen molar-refractivity contribution in [2.24, 2.45) is 0 Å². The van der Waals surface area contributed by atoms with Gasteiger partial charge in [0, 0.05) is 32.1 Å². The average molecular weight is 279 g/mol. The average Bonchev–Trinajstić information content (AvgIpc) is 2.39. The van der Waals surface area contributed by atoms with Crippen LogP contribution in [-0.2, 0) is 4.79 Å². The molecule has 0 radical (unpaired) electrons. The van der Waals surface area contributed by atoms with Crippen LogP contribution in [0.25, 0.3) is 0 Å². The van der Waals surface area contributed by atoms with Crippen LogP contribution in [0.15, 0.2) is 6.07 Å². The SMILES string of the molecule is CCN(CC)C(=O)CN(C)c1cc(N)nc(C(C)C)n1. The van der Waals surface area contributed by atoms with Crippen LogP contribution in [0.2, 0.25) is 0 Å². The third kappa shape index (κ3) is 4.08. The van der Waals surface area contributed by atoms with E-state index in [1.807, 2.05) is 39.6 Å². The van der Waals surface area contributed by atoms with Gasteiger partial charge in [-0.15, -0.1) is 0 Å². The molecule has 1 aromatic heterocycles. The summed E-state index contributed by atoms with van der Waals surface area (Å²) >= 11 is 0.